The van der Waals surface area contributed by atoms with Gasteiger partial charge in [0.05, 0.1) is 0 Å². The molecule has 0 amide bonds. The summed E-state index contributed by atoms with van der Waals surface area (Å²) in [7, 11) is 0. The van der Waals surface area contributed by atoms with Crippen LogP contribution in [0.25, 0.3) is 0 Å². The quantitative estimate of drug-likeness (QED) is 0.642. The van der Waals surface area contributed by atoms with Gasteiger partial charge < -0.3 is 4.90 Å². The molecule has 17 heavy (non-hydrogen) atoms. The van der Waals surface area contributed by atoms with Crippen LogP contribution < -0.4 is 0 Å². The second-order valence-electron chi connectivity index (χ2n) is 5.41. The summed E-state index contributed by atoms with van der Waals surface area (Å²) in [5, 5.41) is 0. The molecule has 102 valence electrons. The van der Waals surface area contributed by atoms with Gasteiger partial charge in [-0.15, -0.1) is 0 Å². The molecule has 1 rings (SSSR count). The van der Waals surface area contributed by atoms with Crippen LogP contribution in [0.5, 0.6) is 0 Å². The molecule has 0 radical (unpaired) electrons. The van der Waals surface area contributed by atoms with E-state index in [-0.39, 0.29) is 0 Å². The zero-order chi connectivity index (χ0) is 12.5. The first kappa shape index (κ1) is 15.0. The van der Waals surface area contributed by atoms with E-state index in [1.165, 1.54) is 71.2 Å². The van der Waals surface area contributed by atoms with Crippen molar-refractivity contribution in [3.8, 4) is 0 Å². The number of hydrogen-bond donors (Lipinski definition) is 0. The largest absolute Gasteiger partial charge is 0.301 e. The van der Waals surface area contributed by atoms with E-state index in [0.717, 1.165) is 6.04 Å². The van der Waals surface area contributed by atoms with Gasteiger partial charge in [0.1, 0.15) is 0 Å². The summed E-state index contributed by atoms with van der Waals surface area (Å²) < 4.78 is 0. The molecule has 1 fully saturated rings. The molecule has 1 aliphatic heterocycles. The lowest BCUT2D eigenvalue weighted by atomic mass is 10.0. The zero-order valence-electron chi connectivity index (χ0n) is 12.2. The third-order valence-corrected chi connectivity index (χ3v) is 4.15. The van der Waals surface area contributed by atoms with Crippen LogP contribution in [0.2, 0.25) is 0 Å². The predicted molar refractivity (Wildman–Crippen MR) is 76.5 cm³/mol. The van der Waals surface area contributed by atoms with Crippen molar-refractivity contribution in [1.29, 1.82) is 0 Å². The molecule has 0 atom stereocenters. The lowest BCUT2D eigenvalue weighted by Gasteiger charge is -2.39. The van der Waals surface area contributed by atoms with E-state index in [1.807, 2.05) is 0 Å². The molecule has 1 heterocycles. The molecule has 1 saturated heterocycles. The molecule has 0 unspecified atom stereocenters. The molecule has 0 saturated carbocycles. The maximum atomic E-state index is 2.76. The Morgan fingerprint density at radius 2 is 1.35 bits per heavy atom. The van der Waals surface area contributed by atoms with Crippen molar-refractivity contribution in [3.05, 3.63) is 0 Å². The fourth-order valence-electron chi connectivity index (χ4n) is 2.83. The SMILES string of the molecule is CCCCC(CCCC)N1CCN(CC)CC1. The van der Waals surface area contributed by atoms with Gasteiger partial charge in [-0.05, 0) is 19.4 Å². The van der Waals surface area contributed by atoms with Gasteiger partial charge in [-0.2, -0.15) is 0 Å². The smallest absolute Gasteiger partial charge is 0.0113 e. The Hall–Kier alpha value is -0.0800. The van der Waals surface area contributed by atoms with Crippen LogP contribution in [0.15, 0.2) is 0 Å². The summed E-state index contributed by atoms with van der Waals surface area (Å²) in [6.07, 6.45) is 8.34. The van der Waals surface area contributed by atoms with Crippen molar-refractivity contribution >= 4 is 0 Å². The molecule has 0 N–H and O–H groups in total. The summed E-state index contributed by atoms with van der Waals surface area (Å²) in [5.74, 6) is 0. The van der Waals surface area contributed by atoms with E-state index in [9.17, 15) is 0 Å². The first-order valence-corrected chi connectivity index (χ1v) is 7.78. The van der Waals surface area contributed by atoms with Gasteiger partial charge in [0, 0.05) is 32.2 Å². The topological polar surface area (TPSA) is 6.48 Å². The van der Waals surface area contributed by atoms with E-state index in [2.05, 4.69) is 30.6 Å². The predicted octanol–water partition coefficient (Wildman–Crippen LogP) is 3.37. The lowest BCUT2D eigenvalue weighted by Crippen LogP contribution is -2.50. The Kier molecular flexibility index (Phi) is 7.87. The molecular weight excluding hydrogens is 208 g/mol. The second-order valence-corrected chi connectivity index (χ2v) is 5.41. The van der Waals surface area contributed by atoms with Crippen molar-refractivity contribution in [2.24, 2.45) is 0 Å². The highest BCUT2D eigenvalue weighted by atomic mass is 15.3. The normalized spacial score (nSPS) is 19.1. The number of nitrogens with zero attached hydrogens (tertiary/aromatic N) is 2. The van der Waals surface area contributed by atoms with Gasteiger partial charge in [0.2, 0.25) is 0 Å². The average Bonchev–Trinajstić information content (AvgIpc) is 2.39. The summed E-state index contributed by atoms with van der Waals surface area (Å²) >= 11 is 0. The van der Waals surface area contributed by atoms with Crippen LogP contribution in [0, 0.1) is 0 Å². The molecule has 0 aromatic rings. The molecule has 0 aromatic carbocycles. The third-order valence-electron chi connectivity index (χ3n) is 4.15. The minimum atomic E-state index is 0.869. The Labute approximate surface area is 108 Å². The second kappa shape index (κ2) is 8.93. The first-order valence-electron chi connectivity index (χ1n) is 7.78. The molecular formula is C15H32N2. The molecule has 0 spiro atoms. The van der Waals surface area contributed by atoms with Crippen LogP contribution in [0.4, 0.5) is 0 Å². The Morgan fingerprint density at radius 3 is 1.76 bits per heavy atom. The van der Waals surface area contributed by atoms with Crippen molar-refractivity contribution in [1.82, 2.24) is 9.80 Å². The van der Waals surface area contributed by atoms with Gasteiger partial charge in [-0.25, -0.2) is 0 Å². The van der Waals surface area contributed by atoms with E-state index in [4.69, 9.17) is 0 Å². The maximum Gasteiger partial charge on any atom is 0.0113 e. The highest BCUT2D eigenvalue weighted by Gasteiger charge is 2.22. The molecule has 0 aromatic heterocycles. The molecule has 2 nitrogen and oxygen atoms in total. The van der Waals surface area contributed by atoms with Crippen molar-refractivity contribution in [2.45, 2.75) is 65.3 Å². The number of unbranched alkanes of at least 4 members (excludes halogenated alkanes) is 2. The van der Waals surface area contributed by atoms with Crippen LogP contribution in [-0.4, -0.2) is 48.6 Å². The summed E-state index contributed by atoms with van der Waals surface area (Å²) in [5.41, 5.74) is 0. The summed E-state index contributed by atoms with van der Waals surface area (Å²) in [4.78, 5) is 5.34. The van der Waals surface area contributed by atoms with Gasteiger partial charge in [-0.1, -0.05) is 46.5 Å². The minimum absolute atomic E-state index is 0.869. The summed E-state index contributed by atoms with van der Waals surface area (Å²) in [6, 6.07) is 0.869. The van der Waals surface area contributed by atoms with Gasteiger partial charge in [-0.3, -0.25) is 4.90 Å². The van der Waals surface area contributed by atoms with Crippen molar-refractivity contribution < 1.29 is 0 Å². The summed E-state index contributed by atoms with van der Waals surface area (Å²) in [6.45, 7) is 13.3. The van der Waals surface area contributed by atoms with E-state index in [0.29, 0.717) is 0 Å². The lowest BCUT2D eigenvalue weighted by molar-refractivity contribution is 0.0890. The number of piperazine rings is 1. The fourth-order valence-corrected chi connectivity index (χ4v) is 2.83. The van der Waals surface area contributed by atoms with Crippen molar-refractivity contribution in [3.63, 3.8) is 0 Å². The molecule has 0 aliphatic carbocycles. The van der Waals surface area contributed by atoms with E-state index < -0.39 is 0 Å². The standard InChI is InChI=1S/C15H32N2/c1-4-7-9-15(10-8-5-2)17-13-11-16(6-3)12-14-17/h15H,4-14H2,1-3H3. The third kappa shape index (κ3) is 5.39. The fraction of sp³-hybridized carbons (Fsp3) is 1.00. The average molecular weight is 240 g/mol. The number of likely N-dealkylation sites (N-methyl/N-ethyl adjacent to an activating group) is 1. The highest BCUT2D eigenvalue weighted by Crippen LogP contribution is 2.17. The maximum absolute atomic E-state index is 2.76. The van der Waals surface area contributed by atoms with Crippen LogP contribution in [0.3, 0.4) is 0 Å². The van der Waals surface area contributed by atoms with Gasteiger partial charge in [0.15, 0.2) is 0 Å². The van der Waals surface area contributed by atoms with E-state index >= 15 is 0 Å². The number of hydrogen-bond acceptors (Lipinski definition) is 2. The van der Waals surface area contributed by atoms with Gasteiger partial charge >= 0.3 is 0 Å². The Balaban J connectivity index is 2.34. The monoisotopic (exact) mass is 240 g/mol. The number of rotatable bonds is 8. The van der Waals surface area contributed by atoms with Crippen LogP contribution in [-0.2, 0) is 0 Å². The van der Waals surface area contributed by atoms with Gasteiger partial charge in [0.25, 0.3) is 0 Å². The minimum Gasteiger partial charge on any atom is -0.301 e. The molecule has 2 heteroatoms. The van der Waals surface area contributed by atoms with E-state index in [1.54, 1.807) is 0 Å². The Bertz CT molecular complexity index is 166. The molecule has 0 bridgehead atoms. The molecule has 1 aliphatic rings. The van der Waals surface area contributed by atoms with Crippen molar-refractivity contribution in [2.75, 3.05) is 32.7 Å². The van der Waals surface area contributed by atoms with Crippen LogP contribution in [0.1, 0.15) is 59.3 Å². The highest BCUT2D eigenvalue weighted by molar-refractivity contribution is 4.78. The Morgan fingerprint density at radius 1 is 0.824 bits per heavy atom. The van der Waals surface area contributed by atoms with Crippen LogP contribution >= 0.6 is 0 Å². The zero-order valence-corrected chi connectivity index (χ0v) is 12.2. The first-order chi connectivity index (χ1) is 8.31.